The maximum atomic E-state index is 10.9. The van der Waals surface area contributed by atoms with Gasteiger partial charge in [0.1, 0.15) is 0 Å². The monoisotopic (exact) mass is 322 g/mol. The van der Waals surface area contributed by atoms with Gasteiger partial charge in [-0.1, -0.05) is 13.3 Å². The zero-order valence-electron chi connectivity index (χ0n) is 14.9. The summed E-state index contributed by atoms with van der Waals surface area (Å²) < 4.78 is 0. The third-order valence-electron chi connectivity index (χ3n) is 8.99. The molecule has 0 saturated heterocycles. The van der Waals surface area contributed by atoms with E-state index in [9.17, 15) is 15.3 Å². The van der Waals surface area contributed by atoms with E-state index < -0.39 is 5.60 Å². The number of hydrogen-bond acceptors (Lipinski definition) is 3. The Morgan fingerprint density at radius 1 is 0.913 bits per heavy atom. The molecule has 4 aliphatic rings. The maximum absolute atomic E-state index is 10.9. The van der Waals surface area contributed by atoms with Gasteiger partial charge in [-0.3, -0.25) is 0 Å². The molecule has 0 aliphatic heterocycles. The number of aliphatic hydroxyl groups excluding tert-OH is 2. The van der Waals surface area contributed by atoms with Crippen molar-refractivity contribution in [2.45, 2.75) is 77.2 Å². The van der Waals surface area contributed by atoms with Crippen LogP contribution in [0.4, 0.5) is 0 Å². The van der Waals surface area contributed by atoms with Gasteiger partial charge < -0.3 is 15.3 Å². The number of fused-ring (bicyclic) bond motifs is 3. The van der Waals surface area contributed by atoms with E-state index in [1.165, 1.54) is 12.8 Å². The molecule has 3 nitrogen and oxygen atoms in total. The van der Waals surface area contributed by atoms with Crippen LogP contribution in [0.3, 0.4) is 0 Å². The van der Waals surface area contributed by atoms with Gasteiger partial charge in [0.25, 0.3) is 0 Å². The predicted octanol–water partition coefficient (Wildman–Crippen LogP) is 3.12. The van der Waals surface area contributed by atoms with Gasteiger partial charge in [-0.25, -0.2) is 0 Å². The highest BCUT2D eigenvalue weighted by Crippen LogP contribution is 2.72. The third kappa shape index (κ3) is 1.99. The normalized spacial score (nSPS) is 58.6. The van der Waals surface area contributed by atoms with Crippen molar-refractivity contribution < 1.29 is 15.3 Å². The first-order chi connectivity index (χ1) is 10.8. The highest BCUT2D eigenvalue weighted by Gasteiger charge is 2.67. The zero-order valence-corrected chi connectivity index (χ0v) is 14.9. The van der Waals surface area contributed by atoms with E-state index in [1.807, 2.05) is 6.92 Å². The molecular formula is C20H34O3. The van der Waals surface area contributed by atoms with Crippen molar-refractivity contribution in [2.24, 2.45) is 34.0 Å². The summed E-state index contributed by atoms with van der Waals surface area (Å²) >= 11 is 0. The smallest absolute Gasteiger partial charge is 0.0653 e. The standard InChI is InChI=1S/C20H34O3/c1-17(12-21)7-3-8-20(13-22)15(17)6-9-19-10-14(4-5-16(19)20)18(2,23)11-19/h14-16,21-23H,3-13H2,1-2H3/t14-,15+,16+,17-,18+,19-,20-/m0/s1. The molecular weight excluding hydrogens is 288 g/mol. The van der Waals surface area contributed by atoms with Gasteiger partial charge in [0.2, 0.25) is 0 Å². The molecule has 0 aromatic heterocycles. The molecule has 3 N–H and O–H groups in total. The van der Waals surface area contributed by atoms with E-state index in [4.69, 9.17) is 0 Å². The highest BCUT2D eigenvalue weighted by atomic mass is 16.3. The van der Waals surface area contributed by atoms with Gasteiger partial charge in [-0.05, 0) is 86.9 Å². The van der Waals surface area contributed by atoms with Crippen LogP contribution in [0.25, 0.3) is 0 Å². The van der Waals surface area contributed by atoms with Crippen molar-refractivity contribution >= 4 is 0 Å². The van der Waals surface area contributed by atoms with Gasteiger partial charge in [0, 0.05) is 18.6 Å². The molecule has 0 amide bonds. The Hall–Kier alpha value is -0.120. The molecule has 1 spiro atoms. The predicted molar refractivity (Wildman–Crippen MR) is 89.8 cm³/mol. The minimum atomic E-state index is -0.507. The quantitative estimate of drug-likeness (QED) is 0.732. The second kappa shape index (κ2) is 4.95. The van der Waals surface area contributed by atoms with Gasteiger partial charge >= 0.3 is 0 Å². The summed E-state index contributed by atoms with van der Waals surface area (Å²) in [7, 11) is 0. The van der Waals surface area contributed by atoms with Crippen LogP contribution < -0.4 is 0 Å². The van der Waals surface area contributed by atoms with Gasteiger partial charge in [-0.2, -0.15) is 0 Å². The Morgan fingerprint density at radius 3 is 2.39 bits per heavy atom. The molecule has 2 bridgehead atoms. The fraction of sp³-hybridized carbons (Fsp3) is 1.00. The van der Waals surface area contributed by atoms with Crippen LogP contribution in [0.2, 0.25) is 0 Å². The molecule has 4 saturated carbocycles. The van der Waals surface area contributed by atoms with Gasteiger partial charge in [0.05, 0.1) is 5.60 Å². The Bertz CT molecular complexity index is 489. The lowest BCUT2D eigenvalue weighted by Crippen LogP contribution is -2.60. The fourth-order valence-corrected chi connectivity index (χ4v) is 8.09. The van der Waals surface area contributed by atoms with Crippen molar-refractivity contribution in [3.05, 3.63) is 0 Å². The van der Waals surface area contributed by atoms with Crippen LogP contribution in [-0.4, -0.2) is 34.1 Å². The van der Waals surface area contributed by atoms with E-state index >= 15 is 0 Å². The summed E-state index contributed by atoms with van der Waals surface area (Å²) in [5.74, 6) is 1.44. The van der Waals surface area contributed by atoms with Gasteiger partial charge in [0.15, 0.2) is 0 Å². The minimum Gasteiger partial charge on any atom is -0.396 e. The molecule has 0 radical (unpaired) electrons. The minimum absolute atomic E-state index is 0.0145. The lowest BCUT2D eigenvalue weighted by atomic mass is 9.40. The second-order valence-corrected chi connectivity index (χ2v) is 10.1. The zero-order chi connectivity index (χ0) is 16.5. The first-order valence-electron chi connectivity index (χ1n) is 9.76. The molecule has 0 aromatic rings. The van der Waals surface area contributed by atoms with Crippen molar-refractivity contribution in [1.29, 1.82) is 0 Å². The molecule has 7 atom stereocenters. The third-order valence-corrected chi connectivity index (χ3v) is 8.99. The lowest BCUT2D eigenvalue weighted by molar-refractivity contribution is -0.185. The Morgan fingerprint density at radius 2 is 1.70 bits per heavy atom. The maximum Gasteiger partial charge on any atom is 0.0653 e. The molecule has 0 aromatic carbocycles. The van der Waals surface area contributed by atoms with Gasteiger partial charge in [-0.15, -0.1) is 0 Å². The van der Waals surface area contributed by atoms with Crippen LogP contribution in [0.5, 0.6) is 0 Å². The summed E-state index contributed by atoms with van der Waals surface area (Å²) in [6.45, 7) is 4.81. The average Bonchev–Trinajstić information content (AvgIpc) is 2.71. The second-order valence-electron chi connectivity index (χ2n) is 10.1. The topological polar surface area (TPSA) is 60.7 Å². The van der Waals surface area contributed by atoms with Crippen molar-refractivity contribution in [3.63, 3.8) is 0 Å². The molecule has 4 fully saturated rings. The van der Waals surface area contributed by atoms with Crippen LogP contribution in [0.1, 0.15) is 71.6 Å². The molecule has 0 unspecified atom stereocenters. The average molecular weight is 322 g/mol. The van der Waals surface area contributed by atoms with E-state index in [1.54, 1.807) is 0 Å². The molecule has 0 heterocycles. The molecule has 4 rings (SSSR count). The molecule has 4 aliphatic carbocycles. The van der Waals surface area contributed by atoms with Crippen LogP contribution >= 0.6 is 0 Å². The molecule has 23 heavy (non-hydrogen) atoms. The SMILES string of the molecule is C[C@@]1(CO)CCC[C@]2(CO)[C@@H]1CC[C@@]13C[C@H](CC[C@H]12)[C@](C)(O)C3. The Labute approximate surface area is 140 Å². The first kappa shape index (κ1) is 16.4. The van der Waals surface area contributed by atoms with E-state index in [-0.39, 0.29) is 29.5 Å². The number of aliphatic hydroxyl groups is 3. The Kier molecular flexibility index (Phi) is 3.52. The lowest BCUT2D eigenvalue weighted by Gasteiger charge is -2.64. The first-order valence-corrected chi connectivity index (χ1v) is 9.76. The number of rotatable bonds is 2. The van der Waals surface area contributed by atoms with E-state index in [0.717, 1.165) is 44.9 Å². The molecule has 132 valence electrons. The van der Waals surface area contributed by atoms with Crippen molar-refractivity contribution in [2.75, 3.05) is 13.2 Å². The van der Waals surface area contributed by atoms with Crippen LogP contribution in [0, 0.1) is 34.0 Å². The summed E-state index contributed by atoms with van der Waals surface area (Å²) in [6, 6.07) is 0. The largest absolute Gasteiger partial charge is 0.396 e. The summed E-state index contributed by atoms with van der Waals surface area (Å²) in [4.78, 5) is 0. The van der Waals surface area contributed by atoms with Crippen LogP contribution in [-0.2, 0) is 0 Å². The Balaban J connectivity index is 1.75. The summed E-state index contributed by atoms with van der Waals surface area (Å²) in [6.07, 6.45) is 10.0. The summed E-state index contributed by atoms with van der Waals surface area (Å²) in [5.41, 5.74) is -0.299. The summed E-state index contributed by atoms with van der Waals surface area (Å²) in [5, 5.41) is 31.5. The fourth-order valence-electron chi connectivity index (χ4n) is 8.09. The number of hydrogen-bond donors (Lipinski definition) is 3. The highest BCUT2D eigenvalue weighted by molar-refractivity contribution is 5.17. The molecule has 3 heteroatoms. The van der Waals surface area contributed by atoms with E-state index in [0.29, 0.717) is 17.8 Å². The van der Waals surface area contributed by atoms with E-state index in [2.05, 4.69) is 6.92 Å². The van der Waals surface area contributed by atoms with Crippen molar-refractivity contribution in [1.82, 2.24) is 0 Å². The van der Waals surface area contributed by atoms with Crippen LogP contribution in [0.15, 0.2) is 0 Å². The van der Waals surface area contributed by atoms with Crippen molar-refractivity contribution in [3.8, 4) is 0 Å².